The Balaban J connectivity index is 1.96. The molecule has 1 aliphatic rings. The first-order valence-corrected chi connectivity index (χ1v) is 9.74. The van der Waals surface area contributed by atoms with E-state index in [-0.39, 0.29) is 11.2 Å². The van der Waals surface area contributed by atoms with Crippen molar-refractivity contribution in [2.45, 2.75) is 6.54 Å². The SMILES string of the molecule is CN1CCN(c2cc(Cl)cc3c2c(=O)n(C)c(=O)n3Cc2ccccc2)CC1. The molecular weight excluding hydrogens is 376 g/mol. The summed E-state index contributed by atoms with van der Waals surface area (Å²) in [4.78, 5) is 30.4. The van der Waals surface area contributed by atoms with Gasteiger partial charge in [0.2, 0.25) is 0 Å². The molecule has 3 aromatic rings. The van der Waals surface area contributed by atoms with Crippen molar-refractivity contribution >= 4 is 28.2 Å². The molecule has 0 radical (unpaired) electrons. The Kier molecular flexibility index (Phi) is 5.00. The zero-order valence-electron chi connectivity index (χ0n) is 16.1. The van der Waals surface area contributed by atoms with Crippen LogP contribution in [0.5, 0.6) is 0 Å². The van der Waals surface area contributed by atoms with Crippen LogP contribution >= 0.6 is 11.6 Å². The predicted molar refractivity (Wildman–Crippen MR) is 114 cm³/mol. The molecule has 28 heavy (non-hydrogen) atoms. The van der Waals surface area contributed by atoms with E-state index in [1.54, 1.807) is 10.6 Å². The van der Waals surface area contributed by atoms with Crippen LogP contribution in [0.1, 0.15) is 5.56 Å². The van der Waals surface area contributed by atoms with Crippen molar-refractivity contribution in [3.63, 3.8) is 0 Å². The molecule has 0 atom stereocenters. The molecule has 7 heteroatoms. The monoisotopic (exact) mass is 398 g/mol. The van der Waals surface area contributed by atoms with Crippen LogP contribution in [0.4, 0.5) is 5.69 Å². The molecule has 0 amide bonds. The van der Waals surface area contributed by atoms with Crippen molar-refractivity contribution in [3.05, 3.63) is 73.9 Å². The first kappa shape index (κ1) is 18.8. The Labute approximate surface area is 168 Å². The van der Waals surface area contributed by atoms with Crippen LogP contribution in [0.15, 0.2) is 52.1 Å². The minimum atomic E-state index is -0.340. The van der Waals surface area contributed by atoms with Crippen LogP contribution in [0.25, 0.3) is 10.9 Å². The number of piperazine rings is 1. The summed E-state index contributed by atoms with van der Waals surface area (Å²) in [6.45, 7) is 3.84. The molecule has 1 saturated heterocycles. The third kappa shape index (κ3) is 3.34. The molecule has 6 nitrogen and oxygen atoms in total. The topological polar surface area (TPSA) is 50.5 Å². The van der Waals surface area contributed by atoms with E-state index < -0.39 is 0 Å². The lowest BCUT2D eigenvalue weighted by molar-refractivity contribution is 0.313. The van der Waals surface area contributed by atoms with E-state index in [1.807, 2.05) is 36.4 Å². The first-order chi connectivity index (χ1) is 13.5. The molecule has 0 bridgehead atoms. The van der Waals surface area contributed by atoms with Crippen LogP contribution in [0, 0.1) is 0 Å². The van der Waals surface area contributed by atoms with Crippen LogP contribution in [-0.2, 0) is 13.6 Å². The van der Waals surface area contributed by atoms with Gasteiger partial charge in [-0.3, -0.25) is 13.9 Å². The highest BCUT2D eigenvalue weighted by atomic mass is 35.5. The van der Waals surface area contributed by atoms with Gasteiger partial charge < -0.3 is 9.80 Å². The molecule has 0 N–H and O–H groups in total. The van der Waals surface area contributed by atoms with E-state index in [0.717, 1.165) is 37.4 Å². The molecule has 146 valence electrons. The number of rotatable bonds is 3. The van der Waals surface area contributed by atoms with Crippen molar-refractivity contribution in [3.8, 4) is 0 Å². The molecule has 0 spiro atoms. The lowest BCUT2D eigenvalue weighted by Gasteiger charge is -2.34. The molecule has 1 fully saturated rings. The number of anilines is 1. The predicted octanol–water partition coefficient (Wildman–Crippen LogP) is 2.15. The number of hydrogen-bond acceptors (Lipinski definition) is 4. The summed E-state index contributed by atoms with van der Waals surface area (Å²) in [7, 11) is 3.62. The average Bonchev–Trinajstić information content (AvgIpc) is 2.70. The Morgan fingerprint density at radius 3 is 2.32 bits per heavy atom. The summed E-state index contributed by atoms with van der Waals surface area (Å²) in [6.07, 6.45) is 0. The molecule has 0 aliphatic carbocycles. The molecule has 4 rings (SSSR count). The normalized spacial score (nSPS) is 15.3. The van der Waals surface area contributed by atoms with Gasteiger partial charge in [0.1, 0.15) is 0 Å². The van der Waals surface area contributed by atoms with Gasteiger partial charge in [0.15, 0.2) is 0 Å². The molecule has 2 aromatic carbocycles. The highest BCUT2D eigenvalue weighted by Gasteiger charge is 2.21. The molecule has 0 saturated carbocycles. The molecule has 1 aromatic heterocycles. The highest BCUT2D eigenvalue weighted by Crippen LogP contribution is 2.29. The lowest BCUT2D eigenvalue weighted by atomic mass is 10.1. The van der Waals surface area contributed by atoms with E-state index in [2.05, 4.69) is 16.8 Å². The zero-order chi connectivity index (χ0) is 19.8. The number of halogens is 1. The Morgan fingerprint density at radius 2 is 1.64 bits per heavy atom. The van der Waals surface area contributed by atoms with Crippen LogP contribution in [0.3, 0.4) is 0 Å². The van der Waals surface area contributed by atoms with Gasteiger partial charge in [0.05, 0.1) is 23.1 Å². The fraction of sp³-hybridized carbons (Fsp3) is 0.333. The number of aromatic nitrogens is 2. The minimum Gasteiger partial charge on any atom is -0.368 e. The van der Waals surface area contributed by atoms with Crippen LogP contribution in [0.2, 0.25) is 5.02 Å². The van der Waals surface area contributed by atoms with Gasteiger partial charge >= 0.3 is 5.69 Å². The summed E-state index contributed by atoms with van der Waals surface area (Å²) in [5.41, 5.74) is 1.75. The number of fused-ring (bicyclic) bond motifs is 1. The van der Waals surface area contributed by atoms with E-state index in [0.29, 0.717) is 22.5 Å². The zero-order valence-corrected chi connectivity index (χ0v) is 16.8. The van der Waals surface area contributed by atoms with Crippen molar-refractivity contribution in [2.24, 2.45) is 7.05 Å². The maximum atomic E-state index is 13.1. The second kappa shape index (κ2) is 7.45. The molecule has 1 aliphatic heterocycles. The Hall–Kier alpha value is -2.57. The van der Waals surface area contributed by atoms with E-state index >= 15 is 0 Å². The standard InChI is InChI=1S/C21H23ClN4O2/c1-23-8-10-25(11-9-23)17-12-16(22)13-18-19(17)20(27)24(2)21(28)26(18)14-15-6-4-3-5-7-15/h3-7,12-13H,8-11,14H2,1-2H3. The molecular formula is C21H23ClN4O2. The van der Waals surface area contributed by atoms with Crippen LogP contribution < -0.4 is 16.1 Å². The highest BCUT2D eigenvalue weighted by molar-refractivity contribution is 6.31. The van der Waals surface area contributed by atoms with Gasteiger partial charge in [-0.05, 0) is 24.7 Å². The van der Waals surface area contributed by atoms with Gasteiger partial charge in [-0.2, -0.15) is 0 Å². The van der Waals surface area contributed by atoms with Crippen molar-refractivity contribution in [1.82, 2.24) is 14.0 Å². The summed E-state index contributed by atoms with van der Waals surface area (Å²) in [5, 5.41) is 1.07. The van der Waals surface area contributed by atoms with E-state index in [1.165, 1.54) is 11.6 Å². The fourth-order valence-electron chi connectivity index (χ4n) is 3.76. The summed E-state index contributed by atoms with van der Waals surface area (Å²) in [6, 6.07) is 13.3. The number of benzene rings is 2. The average molecular weight is 399 g/mol. The van der Waals surface area contributed by atoms with Crippen LogP contribution in [-0.4, -0.2) is 47.3 Å². The minimum absolute atomic E-state index is 0.282. The third-order valence-electron chi connectivity index (χ3n) is 5.42. The summed E-state index contributed by atoms with van der Waals surface area (Å²) in [5.74, 6) is 0. The fourth-order valence-corrected chi connectivity index (χ4v) is 3.97. The number of nitrogens with zero attached hydrogens (tertiary/aromatic N) is 4. The second-order valence-corrected chi connectivity index (χ2v) is 7.76. The first-order valence-electron chi connectivity index (χ1n) is 9.36. The maximum absolute atomic E-state index is 13.1. The number of hydrogen-bond donors (Lipinski definition) is 0. The molecule has 0 unspecified atom stereocenters. The van der Waals surface area contributed by atoms with Crippen molar-refractivity contribution in [1.29, 1.82) is 0 Å². The quantitative estimate of drug-likeness (QED) is 0.678. The molecule has 2 heterocycles. The summed E-state index contributed by atoms with van der Waals surface area (Å²) >= 11 is 6.43. The Morgan fingerprint density at radius 1 is 0.964 bits per heavy atom. The lowest BCUT2D eigenvalue weighted by Crippen LogP contribution is -2.45. The number of likely N-dealkylation sites (N-methyl/N-ethyl adjacent to an activating group) is 1. The van der Waals surface area contributed by atoms with Gasteiger partial charge in [-0.15, -0.1) is 0 Å². The smallest absolute Gasteiger partial charge is 0.331 e. The largest absolute Gasteiger partial charge is 0.368 e. The van der Waals surface area contributed by atoms with Gasteiger partial charge in [-0.25, -0.2) is 4.79 Å². The maximum Gasteiger partial charge on any atom is 0.331 e. The second-order valence-electron chi connectivity index (χ2n) is 7.33. The third-order valence-corrected chi connectivity index (χ3v) is 5.63. The van der Waals surface area contributed by atoms with Gasteiger partial charge in [0.25, 0.3) is 5.56 Å². The van der Waals surface area contributed by atoms with E-state index in [4.69, 9.17) is 11.6 Å². The van der Waals surface area contributed by atoms with Crippen molar-refractivity contribution in [2.75, 3.05) is 38.1 Å². The van der Waals surface area contributed by atoms with Gasteiger partial charge in [0, 0.05) is 38.2 Å². The van der Waals surface area contributed by atoms with E-state index in [9.17, 15) is 9.59 Å². The Bertz CT molecular complexity index is 1130. The van der Waals surface area contributed by atoms with Gasteiger partial charge in [-0.1, -0.05) is 41.9 Å². The summed E-state index contributed by atoms with van der Waals surface area (Å²) < 4.78 is 2.83. The van der Waals surface area contributed by atoms with Crippen molar-refractivity contribution < 1.29 is 0 Å².